The smallest absolute Gasteiger partial charge is 0.307 e. The molecule has 1 aliphatic heterocycles. The van der Waals surface area contributed by atoms with Gasteiger partial charge in [-0.3, -0.25) is 9.69 Å². The van der Waals surface area contributed by atoms with Crippen molar-refractivity contribution in [3.05, 3.63) is 0 Å². The summed E-state index contributed by atoms with van der Waals surface area (Å²) in [6.07, 6.45) is 3.88. The standard InChI is InChI=1S/C10H19NO3/c1-14-10(13)7-9(8-12)11-5-3-2-4-6-11/h9,12H,2-8H2,1H3. The molecule has 82 valence electrons. The van der Waals surface area contributed by atoms with Crippen LogP contribution >= 0.6 is 0 Å². The van der Waals surface area contributed by atoms with E-state index in [1.165, 1.54) is 13.5 Å². The van der Waals surface area contributed by atoms with Crippen molar-refractivity contribution in [2.75, 3.05) is 26.8 Å². The van der Waals surface area contributed by atoms with Crippen molar-refractivity contribution in [1.29, 1.82) is 0 Å². The number of aliphatic hydroxyl groups excluding tert-OH is 1. The molecule has 1 unspecified atom stereocenters. The molecule has 1 atom stereocenters. The van der Waals surface area contributed by atoms with Crippen LogP contribution in [0.3, 0.4) is 0 Å². The van der Waals surface area contributed by atoms with Crippen LogP contribution in [0.5, 0.6) is 0 Å². The van der Waals surface area contributed by atoms with Crippen LogP contribution in [0.15, 0.2) is 0 Å². The van der Waals surface area contributed by atoms with E-state index in [0.29, 0.717) is 6.42 Å². The van der Waals surface area contributed by atoms with Crippen LogP contribution in [-0.2, 0) is 9.53 Å². The molecule has 0 radical (unpaired) electrons. The zero-order chi connectivity index (χ0) is 10.4. The number of carbonyl (C=O) groups is 1. The molecule has 14 heavy (non-hydrogen) atoms. The molecule has 1 heterocycles. The van der Waals surface area contributed by atoms with Gasteiger partial charge in [0, 0.05) is 6.04 Å². The number of rotatable bonds is 4. The fourth-order valence-electron chi connectivity index (χ4n) is 1.87. The molecule has 0 amide bonds. The van der Waals surface area contributed by atoms with Crippen LogP contribution in [0.25, 0.3) is 0 Å². The van der Waals surface area contributed by atoms with Crippen LogP contribution < -0.4 is 0 Å². The number of esters is 1. The molecule has 1 saturated heterocycles. The maximum atomic E-state index is 11.1. The van der Waals surface area contributed by atoms with E-state index in [0.717, 1.165) is 25.9 Å². The first-order valence-electron chi connectivity index (χ1n) is 5.19. The number of likely N-dealkylation sites (tertiary alicyclic amines) is 1. The van der Waals surface area contributed by atoms with Crippen LogP contribution in [0.2, 0.25) is 0 Å². The monoisotopic (exact) mass is 201 g/mol. The van der Waals surface area contributed by atoms with E-state index in [2.05, 4.69) is 9.64 Å². The van der Waals surface area contributed by atoms with Crippen molar-refractivity contribution < 1.29 is 14.6 Å². The first-order chi connectivity index (χ1) is 6.77. The van der Waals surface area contributed by atoms with Crippen molar-refractivity contribution in [1.82, 2.24) is 4.90 Å². The Labute approximate surface area is 84.8 Å². The molecule has 0 spiro atoms. The summed E-state index contributed by atoms with van der Waals surface area (Å²) in [6.45, 7) is 2.01. The normalized spacial score (nSPS) is 20.4. The van der Waals surface area contributed by atoms with Crippen molar-refractivity contribution in [3.8, 4) is 0 Å². The number of ether oxygens (including phenoxy) is 1. The Balaban J connectivity index is 2.39. The van der Waals surface area contributed by atoms with Gasteiger partial charge in [-0.25, -0.2) is 0 Å². The summed E-state index contributed by atoms with van der Waals surface area (Å²) in [5.41, 5.74) is 0. The minimum atomic E-state index is -0.241. The average Bonchev–Trinajstić information content (AvgIpc) is 2.26. The second kappa shape index (κ2) is 5.98. The van der Waals surface area contributed by atoms with E-state index < -0.39 is 0 Å². The highest BCUT2D eigenvalue weighted by Gasteiger charge is 2.22. The molecule has 0 aromatic heterocycles. The Kier molecular flexibility index (Phi) is 4.90. The van der Waals surface area contributed by atoms with Gasteiger partial charge in [0.25, 0.3) is 0 Å². The summed E-state index contributed by atoms with van der Waals surface area (Å²) < 4.78 is 4.60. The van der Waals surface area contributed by atoms with Crippen LogP contribution in [0.1, 0.15) is 25.7 Å². The maximum Gasteiger partial charge on any atom is 0.307 e. The lowest BCUT2D eigenvalue weighted by Crippen LogP contribution is -2.42. The number of piperidine rings is 1. The maximum absolute atomic E-state index is 11.1. The summed E-state index contributed by atoms with van der Waals surface area (Å²) in [5.74, 6) is -0.241. The lowest BCUT2D eigenvalue weighted by molar-refractivity contribution is -0.142. The van der Waals surface area contributed by atoms with E-state index in [9.17, 15) is 9.90 Å². The molecule has 1 rings (SSSR count). The quantitative estimate of drug-likeness (QED) is 0.669. The minimum Gasteiger partial charge on any atom is -0.469 e. The van der Waals surface area contributed by atoms with Crippen LogP contribution in [-0.4, -0.2) is 48.8 Å². The van der Waals surface area contributed by atoms with Crippen molar-refractivity contribution >= 4 is 5.97 Å². The largest absolute Gasteiger partial charge is 0.469 e. The molecule has 0 bridgehead atoms. The van der Waals surface area contributed by atoms with Crippen molar-refractivity contribution in [3.63, 3.8) is 0 Å². The summed E-state index contributed by atoms with van der Waals surface area (Å²) in [7, 11) is 1.38. The number of carbonyl (C=O) groups excluding carboxylic acids is 1. The third-order valence-electron chi connectivity index (χ3n) is 2.75. The Morgan fingerprint density at radius 2 is 2.07 bits per heavy atom. The summed E-state index contributed by atoms with van der Waals surface area (Å²) >= 11 is 0. The van der Waals surface area contributed by atoms with Crippen LogP contribution in [0, 0.1) is 0 Å². The highest BCUT2D eigenvalue weighted by Crippen LogP contribution is 2.14. The zero-order valence-electron chi connectivity index (χ0n) is 8.74. The Hall–Kier alpha value is -0.610. The Morgan fingerprint density at radius 1 is 1.43 bits per heavy atom. The first kappa shape index (κ1) is 11.5. The van der Waals surface area contributed by atoms with E-state index in [1.54, 1.807) is 0 Å². The third-order valence-corrected chi connectivity index (χ3v) is 2.75. The Morgan fingerprint density at radius 3 is 2.57 bits per heavy atom. The molecule has 1 aliphatic rings. The molecular formula is C10H19NO3. The lowest BCUT2D eigenvalue weighted by atomic mass is 10.1. The number of methoxy groups -OCH3 is 1. The average molecular weight is 201 g/mol. The number of aliphatic hydroxyl groups is 1. The summed E-state index contributed by atoms with van der Waals surface area (Å²) in [6, 6.07) is -0.0530. The number of hydrogen-bond acceptors (Lipinski definition) is 4. The van der Waals surface area contributed by atoms with Gasteiger partial charge in [0.15, 0.2) is 0 Å². The number of hydrogen-bond donors (Lipinski definition) is 1. The van der Waals surface area contributed by atoms with Gasteiger partial charge < -0.3 is 9.84 Å². The molecule has 1 fully saturated rings. The van der Waals surface area contributed by atoms with E-state index >= 15 is 0 Å². The molecule has 0 aromatic carbocycles. The van der Waals surface area contributed by atoms with Crippen molar-refractivity contribution in [2.24, 2.45) is 0 Å². The minimum absolute atomic E-state index is 0.0368. The topological polar surface area (TPSA) is 49.8 Å². The SMILES string of the molecule is COC(=O)CC(CO)N1CCCCC1. The van der Waals surface area contributed by atoms with Gasteiger partial charge >= 0.3 is 5.97 Å². The van der Waals surface area contributed by atoms with Crippen LogP contribution in [0.4, 0.5) is 0 Å². The van der Waals surface area contributed by atoms with E-state index in [4.69, 9.17) is 0 Å². The van der Waals surface area contributed by atoms with Crippen molar-refractivity contribution in [2.45, 2.75) is 31.7 Å². The first-order valence-corrected chi connectivity index (χ1v) is 5.19. The predicted octanol–water partition coefficient (Wildman–Crippen LogP) is 0.396. The van der Waals surface area contributed by atoms with Gasteiger partial charge in [0.2, 0.25) is 0 Å². The molecule has 1 N–H and O–H groups in total. The number of nitrogens with zero attached hydrogens (tertiary/aromatic N) is 1. The van der Waals surface area contributed by atoms with Gasteiger partial charge in [-0.15, -0.1) is 0 Å². The molecular weight excluding hydrogens is 182 g/mol. The molecule has 0 saturated carbocycles. The van der Waals surface area contributed by atoms with E-state index in [-0.39, 0.29) is 18.6 Å². The molecule has 0 aromatic rings. The van der Waals surface area contributed by atoms with Gasteiger partial charge in [0.1, 0.15) is 0 Å². The lowest BCUT2D eigenvalue weighted by Gasteiger charge is -2.32. The molecule has 0 aliphatic carbocycles. The Bertz CT molecular complexity index is 178. The second-order valence-electron chi connectivity index (χ2n) is 3.71. The fraction of sp³-hybridized carbons (Fsp3) is 0.900. The fourth-order valence-corrected chi connectivity index (χ4v) is 1.87. The second-order valence-corrected chi connectivity index (χ2v) is 3.71. The summed E-state index contributed by atoms with van der Waals surface area (Å²) in [5, 5.41) is 9.17. The highest BCUT2D eigenvalue weighted by molar-refractivity contribution is 5.69. The van der Waals surface area contributed by atoms with Gasteiger partial charge in [-0.1, -0.05) is 6.42 Å². The van der Waals surface area contributed by atoms with Gasteiger partial charge in [0.05, 0.1) is 20.1 Å². The zero-order valence-corrected chi connectivity index (χ0v) is 8.74. The highest BCUT2D eigenvalue weighted by atomic mass is 16.5. The van der Waals surface area contributed by atoms with Gasteiger partial charge in [-0.05, 0) is 25.9 Å². The molecule has 4 nitrogen and oxygen atoms in total. The van der Waals surface area contributed by atoms with Gasteiger partial charge in [-0.2, -0.15) is 0 Å². The summed E-state index contributed by atoms with van der Waals surface area (Å²) in [4.78, 5) is 13.2. The van der Waals surface area contributed by atoms with E-state index in [1.807, 2.05) is 0 Å². The predicted molar refractivity (Wildman–Crippen MR) is 52.9 cm³/mol. The third kappa shape index (κ3) is 3.27. The molecule has 4 heteroatoms.